The normalized spacial score (nSPS) is 10.4. The predicted octanol–water partition coefficient (Wildman–Crippen LogP) is 3.96. The fourth-order valence-electron chi connectivity index (χ4n) is 2.35. The summed E-state index contributed by atoms with van der Waals surface area (Å²) in [6.45, 7) is 0.281. The van der Waals surface area contributed by atoms with Gasteiger partial charge in [-0.1, -0.05) is 60.7 Å². The molecule has 3 rings (SSSR count). The molecule has 0 spiro atoms. The monoisotopic (exact) mass is 291 g/mol. The summed E-state index contributed by atoms with van der Waals surface area (Å²) in [6.07, 6.45) is 2.48. The number of rotatable bonds is 5. The van der Waals surface area contributed by atoms with Gasteiger partial charge in [-0.15, -0.1) is 0 Å². The molecule has 0 unspecified atom stereocenters. The Morgan fingerprint density at radius 2 is 1.50 bits per heavy atom. The van der Waals surface area contributed by atoms with Crippen LogP contribution in [-0.2, 0) is 17.8 Å². The number of carbonyl (C=O) groups is 1. The first-order valence-electron chi connectivity index (χ1n) is 7.24. The van der Waals surface area contributed by atoms with Gasteiger partial charge in [0.05, 0.1) is 0 Å². The molecule has 0 amide bonds. The average molecular weight is 291 g/mol. The molecular weight excluding hydrogens is 274 g/mol. The zero-order valence-corrected chi connectivity index (χ0v) is 12.2. The van der Waals surface area contributed by atoms with Gasteiger partial charge in [0.1, 0.15) is 12.3 Å². The molecule has 1 aromatic heterocycles. The minimum absolute atomic E-state index is 0.281. The van der Waals surface area contributed by atoms with Crippen LogP contribution in [0.5, 0.6) is 0 Å². The van der Waals surface area contributed by atoms with Crippen LogP contribution in [0.4, 0.5) is 0 Å². The third kappa shape index (κ3) is 3.44. The first-order chi connectivity index (χ1) is 10.8. The van der Waals surface area contributed by atoms with Gasteiger partial charge in [-0.2, -0.15) is 0 Å². The van der Waals surface area contributed by atoms with Crippen LogP contribution in [-0.4, -0.2) is 11.0 Å². The molecule has 1 N–H and O–H groups in total. The molecule has 22 heavy (non-hydrogen) atoms. The number of aromatic amines is 1. The van der Waals surface area contributed by atoms with Crippen molar-refractivity contribution >= 4 is 5.97 Å². The van der Waals surface area contributed by atoms with Crippen molar-refractivity contribution in [3.63, 3.8) is 0 Å². The van der Waals surface area contributed by atoms with Gasteiger partial charge in [0.25, 0.3) is 0 Å². The number of carbonyl (C=O) groups excluding carboxylic acids is 1. The number of hydrogen-bond donors (Lipinski definition) is 1. The number of H-pyrrole nitrogens is 1. The molecule has 2 aromatic carbocycles. The second-order valence-corrected chi connectivity index (χ2v) is 5.10. The van der Waals surface area contributed by atoms with Gasteiger partial charge >= 0.3 is 5.97 Å². The summed E-state index contributed by atoms with van der Waals surface area (Å²) in [5.74, 6) is -0.320. The van der Waals surface area contributed by atoms with Crippen LogP contribution < -0.4 is 0 Å². The van der Waals surface area contributed by atoms with Crippen molar-refractivity contribution in [1.82, 2.24) is 4.98 Å². The number of hydrogen-bond acceptors (Lipinski definition) is 2. The van der Waals surface area contributed by atoms with Crippen LogP contribution in [0.1, 0.15) is 27.2 Å². The first kappa shape index (κ1) is 14.1. The third-order valence-electron chi connectivity index (χ3n) is 3.49. The van der Waals surface area contributed by atoms with E-state index in [0.29, 0.717) is 12.1 Å². The smallest absolute Gasteiger partial charge is 0.355 e. The summed E-state index contributed by atoms with van der Waals surface area (Å²) >= 11 is 0. The van der Waals surface area contributed by atoms with Crippen LogP contribution >= 0.6 is 0 Å². The lowest BCUT2D eigenvalue weighted by atomic mass is 10.1. The van der Waals surface area contributed by atoms with Crippen molar-refractivity contribution in [3.05, 3.63) is 95.3 Å². The number of esters is 1. The maximum Gasteiger partial charge on any atom is 0.355 e. The predicted molar refractivity (Wildman–Crippen MR) is 85.6 cm³/mol. The lowest BCUT2D eigenvalue weighted by molar-refractivity contribution is 0.0465. The van der Waals surface area contributed by atoms with Crippen LogP contribution in [0.2, 0.25) is 0 Å². The van der Waals surface area contributed by atoms with E-state index < -0.39 is 0 Å². The SMILES string of the molecule is O=C(OCc1ccccc1)c1[nH]ccc1Cc1ccccc1. The van der Waals surface area contributed by atoms with Gasteiger partial charge in [0.15, 0.2) is 0 Å². The second-order valence-electron chi connectivity index (χ2n) is 5.10. The van der Waals surface area contributed by atoms with E-state index >= 15 is 0 Å². The molecule has 3 heteroatoms. The van der Waals surface area contributed by atoms with E-state index in [1.165, 1.54) is 5.56 Å². The Bertz CT molecular complexity index is 732. The molecule has 0 atom stereocenters. The van der Waals surface area contributed by atoms with E-state index in [-0.39, 0.29) is 12.6 Å². The van der Waals surface area contributed by atoms with Crippen LogP contribution in [0.25, 0.3) is 0 Å². The largest absolute Gasteiger partial charge is 0.456 e. The van der Waals surface area contributed by atoms with Crippen molar-refractivity contribution in [2.45, 2.75) is 13.0 Å². The molecule has 110 valence electrons. The van der Waals surface area contributed by atoms with Crippen molar-refractivity contribution < 1.29 is 9.53 Å². The Morgan fingerprint density at radius 1 is 0.864 bits per heavy atom. The molecule has 3 nitrogen and oxygen atoms in total. The maximum atomic E-state index is 12.2. The molecule has 0 aliphatic heterocycles. The average Bonchev–Trinajstić information content (AvgIpc) is 3.03. The summed E-state index contributed by atoms with van der Waals surface area (Å²) in [5, 5.41) is 0. The standard InChI is InChI=1S/C19H17NO2/c21-19(22-14-16-9-5-2-6-10-16)18-17(11-12-20-18)13-15-7-3-1-4-8-15/h1-12,20H,13-14H2. The molecule has 0 saturated carbocycles. The second kappa shape index (κ2) is 6.76. The van der Waals surface area contributed by atoms with E-state index in [9.17, 15) is 4.79 Å². The van der Waals surface area contributed by atoms with E-state index in [1.54, 1.807) is 6.20 Å². The molecule has 0 radical (unpaired) electrons. The Balaban J connectivity index is 1.67. The van der Waals surface area contributed by atoms with Gasteiger partial charge in [-0.25, -0.2) is 4.79 Å². The molecular formula is C19H17NO2. The van der Waals surface area contributed by atoms with E-state index in [4.69, 9.17) is 4.74 Å². The van der Waals surface area contributed by atoms with Gasteiger partial charge < -0.3 is 9.72 Å². The van der Waals surface area contributed by atoms with Gasteiger partial charge in [-0.05, 0) is 29.2 Å². The van der Waals surface area contributed by atoms with Gasteiger partial charge in [0.2, 0.25) is 0 Å². The van der Waals surface area contributed by atoms with Gasteiger partial charge in [0, 0.05) is 6.20 Å². The van der Waals surface area contributed by atoms with Crippen molar-refractivity contribution in [2.75, 3.05) is 0 Å². The number of benzene rings is 2. The topological polar surface area (TPSA) is 42.1 Å². The van der Waals surface area contributed by atoms with E-state index in [2.05, 4.69) is 4.98 Å². The van der Waals surface area contributed by atoms with Crippen molar-refractivity contribution in [3.8, 4) is 0 Å². The summed E-state index contributed by atoms with van der Waals surface area (Å²) in [6, 6.07) is 21.7. The van der Waals surface area contributed by atoms with Crippen LogP contribution in [0.15, 0.2) is 72.9 Å². The number of ether oxygens (including phenoxy) is 1. The lowest BCUT2D eigenvalue weighted by Crippen LogP contribution is -2.08. The Hall–Kier alpha value is -2.81. The van der Waals surface area contributed by atoms with Crippen molar-refractivity contribution in [2.24, 2.45) is 0 Å². The summed E-state index contributed by atoms with van der Waals surface area (Å²) < 4.78 is 5.38. The Kier molecular flexibility index (Phi) is 4.35. The number of nitrogens with one attached hydrogen (secondary N) is 1. The highest BCUT2D eigenvalue weighted by atomic mass is 16.5. The molecule has 1 heterocycles. The minimum Gasteiger partial charge on any atom is -0.456 e. The van der Waals surface area contributed by atoms with E-state index in [1.807, 2.05) is 66.7 Å². The quantitative estimate of drug-likeness (QED) is 0.723. The molecule has 0 aliphatic carbocycles. The van der Waals surface area contributed by atoms with Gasteiger partial charge in [-0.3, -0.25) is 0 Å². The third-order valence-corrected chi connectivity index (χ3v) is 3.49. The number of aromatic nitrogens is 1. The van der Waals surface area contributed by atoms with Crippen molar-refractivity contribution in [1.29, 1.82) is 0 Å². The summed E-state index contributed by atoms with van der Waals surface area (Å²) in [5.41, 5.74) is 3.62. The highest BCUT2D eigenvalue weighted by molar-refractivity contribution is 5.89. The highest BCUT2D eigenvalue weighted by Crippen LogP contribution is 2.15. The van der Waals surface area contributed by atoms with Crippen LogP contribution in [0, 0.1) is 0 Å². The summed E-state index contributed by atoms with van der Waals surface area (Å²) in [7, 11) is 0. The molecule has 0 aliphatic rings. The maximum absolute atomic E-state index is 12.2. The molecule has 0 bridgehead atoms. The molecule has 0 fully saturated rings. The zero-order chi connectivity index (χ0) is 15.2. The minimum atomic E-state index is -0.320. The fourth-order valence-corrected chi connectivity index (χ4v) is 2.35. The van der Waals surface area contributed by atoms with Crippen LogP contribution in [0.3, 0.4) is 0 Å². The highest BCUT2D eigenvalue weighted by Gasteiger charge is 2.14. The molecule has 3 aromatic rings. The fraction of sp³-hybridized carbons (Fsp3) is 0.105. The Labute approximate surface area is 129 Å². The van der Waals surface area contributed by atoms with E-state index in [0.717, 1.165) is 11.1 Å². The lowest BCUT2D eigenvalue weighted by Gasteiger charge is -2.06. The Morgan fingerprint density at radius 3 is 2.18 bits per heavy atom. The zero-order valence-electron chi connectivity index (χ0n) is 12.2. The molecule has 0 saturated heterocycles. The summed E-state index contributed by atoms with van der Waals surface area (Å²) in [4.78, 5) is 15.2. The first-order valence-corrected chi connectivity index (χ1v) is 7.24.